The van der Waals surface area contributed by atoms with Crippen LogP contribution in [-0.4, -0.2) is 19.2 Å². The highest BCUT2D eigenvalue weighted by atomic mass is 32.2. The molecule has 1 aromatic heterocycles. The molecule has 0 spiro atoms. The van der Waals surface area contributed by atoms with Crippen molar-refractivity contribution >= 4 is 26.9 Å². The van der Waals surface area contributed by atoms with Gasteiger partial charge in [-0.05, 0) is 31.2 Å². The van der Waals surface area contributed by atoms with Gasteiger partial charge in [-0.15, -0.1) is 11.3 Å². The van der Waals surface area contributed by atoms with Gasteiger partial charge in [-0.2, -0.15) is 8.78 Å². The summed E-state index contributed by atoms with van der Waals surface area (Å²) in [6.45, 7) is 2.45. The number of sulfone groups is 1. The first kappa shape index (κ1) is 14.9. The lowest BCUT2D eigenvalue weighted by atomic mass is 10.3. The van der Waals surface area contributed by atoms with Crippen LogP contribution >= 0.6 is 11.3 Å². The number of aromatic nitrogens is 1. The highest BCUT2D eigenvalue weighted by Crippen LogP contribution is 2.21. The molecule has 0 saturated carbocycles. The molecule has 1 N–H and O–H groups in total. The largest absolute Gasteiger partial charge is 0.380 e. The van der Waals surface area contributed by atoms with Crippen LogP contribution in [-0.2, 0) is 16.4 Å². The number of nitrogens with zero attached hydrogens (tertiary/aromatic N) is 1. The van der Waals surface area contributed by atoms with Crippen molar-refractivity contribution < 1.29 is 17.2 Å². The molecule has 0 fully saturated rings. The van der Waals surface area contributed by atoms with Crippen molar-refractivity contribution in [2.45, 2.75) is 24.1 Å². The molecule has 2 rings (SSSR count). The van der Waals surface area contributed by atoms with Gasteiger partial charge in [-0.3, -0.25) is 0 Å². The Morgan fingerprint density at radius 2 is 1.95 bits per heavy atom. The lowest BCUT2D eigenvalue weighted by Gasteiger charge is -2.07. The minimum Gasteiger partial charge on any atom is -0.380 e. The van der Waals surface area contributed by atoms with Crippen LogP contribution in [0.5, 0.6) is 0 Å². The number of anilines is 1. The second-order valence-electron chi connectivity index (χ2n) is 4.04. The number of nitrogens with one attached hydrogen (secondary N) is 1. The molecule has 0 amide bonds. The molecule has 0 aliphatic heterocycles. The van der Waals surface area contributed by atoms with E-state index in [1.54, 1.807) is 5.51 Å². The van der Waals surface area contributed by atoms with E-state index in [0.717, 1.165) is 10.6 Å². The van der Waals surface area contributed by atoms with Crippen LogP contribution in [0.2, 0.25) is 0 Å². The van der Waals surface area contributed by atoms with E-state index in [2.05, 4.69) is 10.3 Å². The van der Waals surface area contributed by atoms with E-state index < -0.39 is 15.6 Å². The Balaban J connectivity index is 2.08. The van der Waals surface area contributed by atoms with E-state index in [-0.39, 0.29) is 4.90 Å². The molecule has 0 radical (unpaired) electrons. The number of rotatable bonds is 5. The maximum Gasteiger partial charge on any atom is 0.341 e. The average Bonchev–Trinajstić information content (AvgIpc) is 2.82. The van der Waals surface area contributed by atoms with E-state index in [1.807, 2.05) is 6.92 Å². The minimum absolute atomic E-state index is 0.382. The number of hydrogen-bond acceptors (Lipinski definition) is 5. The molecule has 4 nitrogen and oxygen atoms in total. The Hall–Kier alpha value is -1.54. The molecule has 0 saturated heterocycles. The van der Waals surface area contributed by atoms with Gasteiger partial charge in [0.2, 0.25) is 9.84 Å². The SMILES string of the molecule is Cc1ncsc1CNc1ccc(S(=O)(=O)C(F)F)cc1. The van der Waals surface area contributed by atoms with Crippen LogP contribution in [0.25, 0.3) is 0 Å². The molecule has 108 valence electrons. The van der Waals surface area contributed by atoms with Gasteiger partial charge in [-0.25, -0.2) is 13.4 Å². The molecule has 0 aliphatic rings. The molecule has 2 aromatic rings. The third-order valence-electron chi connectivity index (χ3n) is 2.72. The van der Waals surface area contributed by atoms with Crippen molar-refractivity contribution in [1.29, 1.82) is 0 Å². The summed E-state index contributed by atoms with van der Waals surface area (Å²) in [6, 6.07) is 5.27. The smallest absolute Gasteiger partial charge is 0.341 e. The molecule has 1 aromatic carbocycles. The minimum atomic E-state index is -4.53. The molecule has 0 atom stereocenters. The van der Waals surface area contributed by atoms with Crippen LogP contribution in [0.3, 0.4) is 0 Å². The van der Waals surface area contributed by atoms with Gasteiger partial charge in [0.05, 0.1) is 22.6 Å². The fourth-order valence-electron chi connectivity index (χ4n) is 1.54. The molecule has 0 aliphatic carbocycles. The number of halogens is 2. The predicted molar refractivity (Wildman–Crippen MR) is 73.8 cm³/mol. The zero-order valence-electron chi connectivity index (χ0n) is 10.5. The normalized spacial score (nSPS) is 11.8. The van der Waals surface area contributed by atoms with Gasteiger partial charge in [0, 0.05) is 10.6 Å². The van der Waals surface area contributed by atoms with E-state index in [4.69, 9.17) is 0 Å². The van der Waals surface area contributed by atoms with Crippen LogP contribution in [0, 0.1) is 6.92 Å². The summed E-state index contributed by atoms with van der Waals surface area (Å²) in [5, 5.41) is 3.08. The van der Waals surface area contributed by atoms with E-state index in [0.29, 0.717) is 12.2 Å². The zero-order valence-corrected chi connectivity index (χ0v) is 12.1. The Bertz CT molecular complexity index is 682. The summed E-state index contributed by atoms with van der Waals surface area (Å²) in [5.41, 5.74) is 3.33. The van der Waals surface area contributed by atoms with Gasteiger partial charge in [0.25, 0.3) is 0 Å². The zero-order chi connectivity index (χ0) is 14.8. The summed E-state index contributed by atoms with van der Waals surface area (Å²) in [6.07, 6.45) is 0. The lowest BCUT2D eigenvalue weighted by molar-refractivity contribution is 0.234. The fraction of sp³-hybridized carbons (Fsp3) is 0.250. The quantitative estimate of drug-likeness (QED) is 0.920. The first-order valence-corrected chi connectivity index (χ1v) is 8.09. The monoisotopic (exact) mass is 318 g/mol. The molecule has 0 unspecified atom stereocenters. The maximum absolute atomic E-state index is 12.4. The molecule has 1 heterocycles. The first-order valence-electron chi connectivity index (χ1n) is 5.66. The number of aryl methyl sites for hydroxylation is 1. The molecule has 0 bridgehead atoms. The van der Waals surface area contributed by atoms with E-state index >= 15 is 0 Å². The average molecular weight is 318 g/mol. The highest BCUT2D eigenvalue weighted by Gasteiger charge is 2.26. The molecular weight excluding hydrogens is 306 g/mol. The van der Waals surface area contributed by atoms with Crippen molar-refractivity contribution in [3.8, 4) is 0 Å². The van der Waals surface area contributed by atoms with Crippen molar-refractivity contribution in [3.05, 3.63) is 40.3 Å². The third-order valence-corrected chi connectivity index (χ3v) is 5.05. The number of hydrogen-bond donors (Lipinski definition) is 1. The first-order chi connectivity index (χ1) is 9.41. The van der Waals surface area contributed by atoms with Crippen LogP contribution in [0.4, 0.5) is 14.5 Å². The fourth-order valence-corrected chi connectivity index (χ4v) is 2.98. The maximum atomic E-state index is 12.4. The van der Waals surface area contributed by atoms with Gasteiger partial charge >= 0.3 is 5.76 Å². The Kier molecular flexibility index (Phi) is 4.34. The lowest BCUT2D eigenvalue weighted by Crippen LogP contribution is -2.11. The van der Waals surface area contributed by atoms with Crippen molar-refractivity contribution in [2.75, 3.05) is 5.32 Å². The summed E-state index contributed by atoms with van der Waals surface area (Å²) in [4.78, 5) is 4.79. The second-order valence-corrected chi connectivity index (χ2v) is 6.90. The van der Waals surface area contributed by atoms with Crippen molar-refractivity contribution in [1.82, 2.24) is 4.98 Å². The highest BCUT2D eigenvalue weighted by molar-refractivity contribution is 7.91. The number of benzene rings is 1. The van der Waals surface area contributed by atoms with Crippen LogP contribution in [0.15, 0.2) is 34.7 Å². The Morgan fingerprint density at radius 3 is 2.45 bits per heavy atom. The summed E-state index contributed by atoms with van der Waals surface area (Å²) < 4.78 is 47.2. The molecule has 8 heteroatoms. The number of thiazole rings is 1. The predicted octanol–water partition coefficient (Wildman–Crippen LogP) is 3.06. The Labute approximate surface area is 119 Å². The van der Waals surface area contributed by atoms with Crippen molar-refractivity contribution in [2.24, 2.45) is 0 Å². The standard InChI is InChI=1S/C12H12F2N2O2S2/c1-8-11(19-7-16-8)6-15-9-2-4-10(5-3-9)20(17,18)12(13)14/h2-5,7,12,15H,6H2,1H3. The van der Waals surface area contributed by atoms with Gasteiger partial charge < -0.3 is 5.32 Å². The van der Waals surface area contributed by atoms with Gasteiger partial charge in [0.15, 0.2) is 0 Å². The van der Waals surface area contributed by atoms with Gasteiger partial charge in [-0.1, -0.05) is 0 Å². The Morgan fingerprint density at radius 1 is 1.30 bits per heavy atom. The number of alkyl halides is 2. The second kappa shape index (κ2) is 5.84. The van der Waals surface area contributed by atoms with Gasteiger partial charge in [0.1, 0.15) is 0 Å². The summed E-state index contributed by atoms with van der Waals surface area (Å²) >= 11 is 1.51. The molecular formula is C12H12F2N2O2S2. The summed E-state index contributed by atoms with van der Waals surface area (Å²) in [7, 11) is -4.53. The topological polar surface area (TPSA) is 59.1 Å². The van der Waals surface area contributed by atoms with E-state index in [9.17, 15) is 17.2 Å². The van der Waals surface area contributed by atoms with Crippen molar-refractivity contribution in [3.63, 3.8) is 0 Å². The van der Waals surface area contributed by atoms with Crippen LogP contribution in [0.1, 0.15) is 10.6 Å². The summed E-state index contributed by atoms with van der Waals surface area (Å²) in [5.74, 6) is -3.40. The molecule has 20 heavy (non-hydrogen) atoms. The van der Waals surface area contributed by atoms with E-state index in [1.165, 1.54) is 35.6 Å². The third kappa shape index (κ3) is 3.13. The van der Waals surface area contributed by atoms with Crippen LogP contribution < -0.4 is 5.32 Å².